The molecule has 1 saturated heterocycles. The maximum absolute atomic E-state index is 12.7. The zero-order chi connectivity index (χ0) is 17.9. The summed E-state index contributed by atoms with van der Waals surface area (Å²) in [5, 5.41) is 1.03. The van der Waals surface area contributed by atoms with E-state index in [1.54, 1.807) is 6.20 Å². The normalized spacial score (nSPS) is 16.2. The molecule has 0 unspecified atom stereocenters. The number of benzene rings is 1. The predicted molar refractivity (Wildman–Crippen MR) is 103 cm³/mol. The van der Waals surface area contributed by atoms with Crippen molar-refractivity contribution in [3.63, 3.8) is 0 Å². The van der Waals surface area contributed by atoms with Crippen LogP contribution in [-0.2, 0) is 11.8 Å². The summed E-state index contributed by atoms with van der Waals surface area (Å²) >= 11 is 1.53. The average molecular weight is 358 g/mol. The Kier molecular flexibility index (Phi) is 5.54. The Balaban J connectivity index is 1.50. The van der Waals surface area contributed by atoms with Crippen molar-refractivity contribution in [3.8, 4) is 0 Å². The van der Waals surface area contributed by atoms with Gasteiger partial charge < -0.3 is 4.90 Å². The van der Waals surface area contributed by atoms with Crippen molar-refractivity contribution >= 4 is 17.2 Å². The highest BCUT2D eigenvalue weighted by Gasteiger charge is 2.25. The van der Waals surface area contributed by atoms with Gasteiger partial charge in [-0.05, 0) is 12.0 Å². The number of rotatable bonds is 4. The van der Waals surface area contributed by atoms with E-state index in [4.69, 9.17) is 0 Å². The summed E-state index contributed by atoms with van der Waals surface area (Å²) in [5.74, 6) is 0.135. The minimum atomic E-state index is -0.000662. The van der Waals surface area contributed by atoms with E-state index >= 15 is 0 Å². The Morgan fingerprint density at radius 1 is 1.12 bits per heavy atom. The van der Waals surface area contributed by atoms with Crippen LogP contribution in [0.15, 0.2) is 36.5 Å². The fourth-order valence-corrected chi connectivity index (χ4v) is 3.92. The van der Waals surface area contributed by atoms with Gasteiger partial charge in [0.05, 0.1) is 11.2 Å². The summed E-state index contributed by atoms with van der Waals surface area (Å²) in [6.45, 7) is 10.9. The summed E-state index contributed by atoms with van der Waals surface area (Å²) in [6.07, 6.45) is 2.81. The first-order chi connectivity index (χ1) is 11.9. The molecule has 0 spiro atoms. The molecule has 2 aromatic rings. The molecular formula is C20H27N3OS. The highest BCUT2D eigenvalue weighted by Crippen LogP contribution is 2.27. The number of thiazole rings is 1. The number of nitrogens with zero attached hydrogens (tertiary/aromatic N) is 3. The minimum absolute atomic E-state index is 0.000662. The molecule has 2 heterocycles. The van der Waals surface area contributed by atoms with E-state index < -0.39 is 0 Å². The van der Waals surface area contributed by atoms with Crippen LogP contribution in [0.1, 0.15) is 41.0 Å². The Hall–Kier alpha value is -1.72. The van der Waals surface area contributed by atoms with Crippen molar-refractivity contribution in [3.05, 3.63) is 52.0 Å². The van der Waals surface area contributed by atoms with E-state index in [0.29, 0.717) is 0 Å². The molecule has 1 aliphatic heterocycles. The molecule has 0 saturated carbocycles. The zero-order valence-electron chi connectivity index (χ0n) is 15.4. The maximum atomic E-state index is 12.7. The second-order valence-electron chi connectivity index (χ2n) is 7.65. The molecule has 5 heteroatoms. The lowest BCUT2D eigenvalue weighted by Gasteiger charge is -2.34. The number of hydrogen-bond donors (Lipinski definition) is 0. The summed E-state index contributed by atoms with van der Waals surface area (Å²) < 4.78 is 0. The first-order valence-electron chi connectivity index (χ1n) is 8.95. The van der Waals surface area contributed by atoms with Gasteiger partial charge in [-0.15, -0.1) is 11.3 Å². The molecule has 1 aromatic carbocycles. The third-order valence-corrected chi connectivity index (χ3v) is 5.99. The van der Waals surface area contributed by atoms with Gasteiger partial charge in [0.15, 0.2) is 0 Å². The molecule has 0 aliphatic carbocycles. The van der Waals surface area contributed by atoms with Crippen molar-refractivity contribution in [2.24, 2.45) is 0 Å². The molecule has 0 radical (unpaired) electrons. The number of piperazine rings is 1. The Labute approximate surface area is 154 Å². The first-order valence-corrected chi connectivity index (χ1v) is 9.77. The van der Waals surface area contributed by atoms with Crippen LogP contribution in [0.5, 0.6) is 0 Å². The van der Waals surface area contributed by atoms with Crippen molar-refractivity contribution in [1.82, 2.24) is 14.8 Å². The number of aromatic nitrogens is 1. The maximum Gasteiger partial charge on any atom is 0.265 e. The lowest BCUT2D eigenvalue weighted by molar-refractivity contribution is 0.0643. The third-order valence-electron chi connectivity index (χ3n) is 4.58. The molecule has 1 fully saturated rings. The van der Waals surface area contributed by atoms with Gasteiger partial charge in [0.2, 0.25) is 0 Å². The van der Waals surface area contributed by atoms with E-state index in [2.05, 4.69) is 61.0 Å². The van der Waals surface area contributed by atoms with Crippen LogP contribution in [0.2, 0.25) is 0 Å². The summed E-state index contributed by atoms with van der Waals surface area (Å²) in [7, 11) is 0. The molecule has 1 amide bonds. The number of carbonyl (C=O) groups excluding carboxylic acids is 1. The molecule has 0 bridgehead atoms. The second-order valence-corrected chi connectivity index (χ2v) is 8.68. The monoisotopic (exact) mass is 357 g/mol. The van der Waals surface area contributed by atoms with Gasteiger partial charge in [-0.25, -0.2) is 4.98 Å². The van der Waals surface area contributed by atoms with Crippen LogP contribution in [0.4, 0.5) is 0 Å². The number of amides is 1. The highest BCUT2D eigenvalue weighted by atomic mass is 32.1. The van der Waals surface area contributed by atoms with E-state index in [1.165, 1.54) is 16.9 Å². The van der Waals surface area contributed by atoms with Gasteiger partial charge in [-0.3, -0.25) is 9.69 Å². The van der Waals surface area contributed by atoms with Gasteiger partial charge in [0.1, 0.15) is 4.88 Å². The van der Waals surface area contributed by atoms with E-state index in [0.717, 1.165) is 49.0 Å². The van der Waals surface area contributed by atoms with Crippen LogP contribution >= 0.6 is 11.3 Å². The van der Waals surface area contributed by atoms with Crippen LogP contribution in [0.3, 0.4) is 0 Å². The molecule has 3 rings (SSSR count). The lowest BCUT2D eigenvalue weighted by Crippen LogP contribution is -2.49. The minimum Gasteiger partial charge on any atom is -0.335 e. The van der Waals surface area contributed by atoms with Gasteiger partial charge in [0, 0.05) is 38.1 Å². The van der Waals surface area contributed by atoms with Gasteiger partial charge in [-0.2, -0.15) is 0 Å². The quantitative estimate of drug-likeness (QED) is 0.841. The molecule has 0 N–H and O–H groups in total. The Morgan fingerprint density at radius 2 is 1.80 bits per heavy atom. The molecular weight excluding hydrogens is 330 g/mol. The molecule has 0 atom stereocenters. The molecule has 1 aromatic heterocycles. The summed E-state index contributed by atoms with van der Waals surface area (Å²) in [6, 6.07) is 10.6. The Bertz CT molecular complexity index is 697. The first kappa shape index (κ1) is 18.1. The Morgan fingerprint density at radius 3 is 2.40 bits per heavy atom. The van der Waals surface area contributed by atoms with Crippen LogP contribution < -0.4 is 0 Å². The lowest BCUT2D eigenvalue weighted by atomic mass is 9.98. The summed E-state index contributed by atoms with van der Waals surface area (Å²) in [4.78, 5) is 22.3. The zero-order valence-corrected chi connectivity index (χ0v) is 16.2. The molecule has 1 aliphatic rings. The average Bonchev–Trinajstić information content (AvgIpc) is 3.11. The predicted octanol–water partition coefficient (Wildman–Crippen LogP) is 3.44. The largest absolute Gasteiger partial charge is 0.335 e. The SMILES string of the molecule is CC(C)(C)c1ncc(C(=O)N2CCN(CCc3ccccc3)CC2)s1. The van der Waals surface area contributed by atoms with Crippen molar-refractivity contribution < 1.29 is 4.79 Å². The van der Waals surface area contributed by atoms with Gasteiger partial charge >= 0.3 is 0 Å². The van der Waals surface area contributed by atoms with Crippen molar-refractivity contribution in [2.45, 2.75) is 32.6 Å². The third kappa shape index (κ3) is 4.67. The smallest absolute Gasteiger partial charge is 0.265 e. The summed E-state index contributed by atoms with van der Waals surface area (Å²) in [5.41, 5.74) is 1.37. The van der Waals surface area contributed by atoms with Crippen LogP contribution in [-0.4, -0.2) is 53.4 Å². The van der Waals surface area contributed by atoms with E-state index in [9.17, 15) is 4.79 Å². The fraction of sp³-hybridized carbons (Fsp3) is 0.500. The van der Waals surface area contributed by atoms with Crippen molar-refractivity contribution in [1.29, 1.82) is 0 Å². The van der Waals surface area contributed by atoms with Crippen LogP contribution in [0.25, 0.3) is 0 Å². The van der Waals surface area contributed by atoms with Crippen LogP contribution in [0, 0.1) is 0 Å². The number of carbonyl (C=O) groups is 1. The highest BCUT2D eigenvalue weighted by molar-refractivity contribution is 7.13. The topological polar surface area (TPSA) is 36.4 Å². The van der Waals surface area contributed by atoms with E-state index in [1.807, 2.05) is 4.90 Å². The van der Waals surface area contributed by atoms with Crippen molar-refractivity contribution in [2.75, 3.05) is 32.7 Å². The second kappa shape index (κ2) is 7.67. The molecule has 25 heavy (non-hydrogen) atoms. The molecule has 134 valence electrons. The van der Waals surface area contributed by atoms with E-state index in [-0.39, 0.29) is 11.3 Å². The van der Waals surface area contributed by atoms with Gasteiger partial charge in [0.25, 0.3) is 5.91 Å². The number of hydrogen-bond acceptors (Lipinski definition) is 4. The fourth-order valence-electron chi connectivity index (χ4n) is 2.98. The molecule has 4 nitrogen and oxygen atoms in total. The standard InChI is InChI=1S/C20H27N3OS/c1-20(2,3)19-21-15-17(25-19)18(24)23-13-11-22(12-14-23)10-9-16-7-5-4-6-8-16/h4-8,15H,9-14H2,1-3H3. The van der Waals surface area contributed by atoms with Gasteiger partial charge in [-0.1, -0.05) is 51.1 Å².